The molecule has 0 saturated heterocycles. The van der Waals surface area contributed by atoms with Crippen LogP contribution in [0.25, 0.3) is 5.78 Å². The third-order valence-corrected chi connectivity index (χ3v) is 2.86. The van der Waals surface area contributed by atoms with Crippen molar-refractivity contribution in [2.24, 2.45) is 0 Å². The predicted molar refractivity (Wildman–Crippen MR) is 67.8 cm³/mol. The van der Waals surface area contributed by atoms with Gasteiger partial charge in [0.2, 0.25) is 5.16 Å². The van der Waals surface area contributed by atoms with Gasteiger partial charge in [-0.05, 0) is 13.2 Å². The number of thioether (sulfide) groups is 1. The van der Waals surface area contributed by atoms with Crippen LogP contribution >= 0.6 is 11.8 Å². The smallest absolute Gasteiger partial charge is 0.341 e. The zero-order valence-corrected chi connectivity index (χ0v) is 10.9. The zero-order valence-electron chi connectivity index (χ0n) is 10.1. The van der Waals surface area contributed by atoms with Gasteiger partial charge in [0.05, 0.1) is 11.3 Å². The highest BCUT2D eigenvalue weighted by molar-refractivity contribution is 7.98. The lowest BCUT2D eigenvalue weighted by Gasteiger charge is -2.05. The first kappa shape index (κ1) is 12.6. The number of nitrogens with zero attached hydrogens (tertiary/aromatic N) is 4. The van der Waals surface area contributed by atoms with Crippen LogP contribution in [0.2, 0.25) is 0 Å². The van der Waals surface area contributed by atoms with Crippen LogP contribution in [0.15, 0.2) is 24.0 Å². The normalized spacial score (nSPS) is 10.6. The molecule has 0 aromatic carbocycles. The van der Waals surface area contributed by atoms with Crippen molar-refractivity contribution in [3.63, 3.8) is 0 Å². The number of carbonyl (C=O) groups excluding carboxylic acids is 1. The lowest BCUT2D eigenvalue weighted by Crippen LogP contribution is -2.11. The Kier molecular flexibility index (Phi) is 3.61. The number of hydrogen-bond donors (Lipinski definition) is 0. The molecule has 0 aliphatic carbocycles. The molecular formula is C11H12N4O2S. The van der Waals surface area contributed by atoms with Gasteiger partial charge in [-0.1, -0.05) is 24.4 Å². The van der Waals surface area contributed by atoms with E-state index in [0.717, 1.165) is 0 Å². The molecule has 0 aliphatic heterocycles. The molecule has 2 aromatic rings. The van der Waals surface area contributed by atoms with Crippen molar-refractivity contribution in [1.82, 2.24) is 19.6 Å². The molecule has 0 unspecified atom stereocenters. The molecule has 6 nitrogen and oxygen atoms in total. The number of ether oxygens (including phenoxy) is 1. The molecule has 0 amide bonds. The quantitative estimate of drug-likeness (QED) is 0.473. The molecule has 0 bridgehead atoms. The summed E-state index contributed by atoms with van der Waals surface area (Å²) in [5.41, 5.74) is 1.03. The van der Waals surface area contributed by atoms with Crippen LogP contribution in [0.1, 0.15) is 16.1 Å². The lowest BCUT2D eigenvalue weighted by molar-refractivity contribution is 0.0547. The summed E-state index contributed by atoms with van der Waals surface area (Å²) in [4.78, 5) is 20.0. The van der Waals surface area contributed by atoms with E-state index in [0.29, 0.717) is 22.2 Å². The maximum Gasteiger partial charge on any atom is 0.341 e. The molecular weight excluding hydrogens is 252 g/mol. The largest absolute Gasteiger partial charge is 0.458 e. The number of carbonyl (C=O) groups is 1. The topological polar surface area (TPSA) is 69.4 Å². The minimum Gasteiger partial charge on any atom is -0.458 e. The highest BCUT2D eigenvalue weighted by Crippen LogP contribution is 2.14. The Morgan fingerprint density at radius 1 is 1.67 bits per heavy atom. The number of hydrogen-bond acceptors (Lipinski definition) is 6. The second-order valence-corrected chi connectivity index (χ2v) is 4.23. The van der Waals surface area contributed by atoms with Gasteiger partial charge in [-0.25, -0.2) is 9.78 Å². The summed E-state index contributed by atoms with van der Waals surface area (Å²) < 4.78 is 6.51. The second-order valence-electron chi connectivity index (χ2n) is 3.45. The molecule has 0 radical (unpaired) electrons. The van der Waals surface area contributed by atoms with Gasteiger partial charge < -0.3 is 4.74 Å². The molecule has 0 saturated carbocycles. The van der Waals surface area contributed by atoms with Gasteiger partial charge in [-0.3, -0.25) is 0 Å². The van der Waals surface area contributed by atoms with Crippen LogP contribution in [0.5, 0.6) is 0 Å². The number of fused-ring (bicyclic) bond motifs is 1. The average molecular weight is 264 g/mol. The monoisotopic (exact) mass is 264 g/mol. The summed E-state index contributed by atoms with van der Waals surface area (Å²) in [5, 5.41) is 4.85. The van der Waals surface area contributed by atoms with E-state index in [1.54, 1.807) is 6.92 Å². The third-order valence-electron chi connectivity index (χ3n) is 2.32. The first-order valence-corrected chi connectivity index (χ1v) is 6.44. The van der Waals surface area contributed by atoms with E-state index in [4.69, 9.17) is 4.74 Å². The maximum atomic E-state index is 11.8. The van der Waals surface area contributed by atoms with Crippen molar-refractivity contribution < 1.29 is 9.53 Å². The summed E-state index contributed by atoms with van der Waals surface area (Å²) in [6, 6.07) is 0. The van der Waals surface area contributed by atoms with Crippen molar-refractivity contribution in [3.8, 4) is 0 Å². The Hall–Kier alpha value is -1.89. The summed E-state index contributed by atoms with van der Waals surface area (Å²) in [6.45, 7) is 5.44. The summed E-state index contributed by atoms with van der Waals surface area (Å²) in [6.07, 6.45) is 4.85. The van der Waals surface area contributed by atoms with Gasteiger partial charge in [0.15, 0.2) is 0 Å². The van der Waals surface area contributed by atoms with Crippen molar-refractivity contribution in [1.29, 1.82) is 0 Å². The summed E-state index contributed by atoms with van der Waals surface area (Å²) in [7, 11) is 0. The molecule has 2 rings (SSSR count). The Bertz CT molecular complexity index is 608. The predicted octanol–water partition coefficient (Wildman–Crippen LogP) is 1.50. The molecule has 0 fully saturated rings. The van der Waals surface area contributed by atoms with E-state index in [2.05, 4.69) is 21.6 Å². The Morgan fingerprint density at radius 3 is 3.11 bits per heavy atom. The first-order chi connectivity index (χ1) is 8.67. The molecule has 2 heterocycles. The van der Waals surface area contributed by atoms with E-state index in [9.17, 15) is 4.79 Å². The van der Waals surface area contributed by atoms with Crippen molar-refractivity contribution in [2.45, 2.75) is 12.1 Å². The van der Waals surface area contributed by atoms with Gasteiger partial charge in [-0.2, -0.15) is 9.50 Å². The number of esters is 1. The van der Waals surface area contributed by atoms with E-state index >= 15 is 0 Å². The van der Waals surface area contributed by atoms with E-state index < -0.39 is 5.97 Å². The minimum absolute atomic E-state index is 0.170. The molecule has 0 atom stereocenters. The first-order valence-electron chi connectivity index (χ1n) is 5.21. The summed E-state index contributed by atoms with van der Waals surface area (Å²) in [5.74, 6) is 0.0279. The van der Waals surface area contributed by atoms with Crippen molar-refractivity contribution >= 4 is 23.5 Å². The standard InChI is InChI=1S/C11H12N4O2S/c1-4-5-17-9(16)8-6-12-10-13-11(18-3)14-15(10)7(8)2/h4,6H,1,5H2,2-3H3. The van der Waals surface area contributed by atoms with Crippen molar-refractivity contribution in [3.05, 3.63) is 30.1 Å². The van der Waals surface area contributed by atoms with E-state index in [1.807, 2.05) is 6.26 Å². The van der Waals surface area contributed by atoms with Crippen molar-refractivity contribution in [2.75, 3.05) is 12.9 Å². The average Bonchev–Trinajstić information content (AvgIpc) is 2.80. The van der Waals surface area contributed by atoms with Gasteiger partial charge in [-0.15, -0.1) is 5.10 Å². The maximum absolute atomic E-state index is 11.8. The van der Waals surface area contributed by atoms with E-state index in [1.165, 1.54) is 28.6 Å². The van der Waals surface area contributed by atoms with Gasteiger partial charge in [0.1, 0.15) is 6.61 Å². The van der Waals surface area contributed by atoms with E-state index in [-0.39, 0.29) is 6.61 Å². The third kappa shape index (κ3) is 2.21. The van der Waals surface area contributed by atoms with Gasteiger partial charge in [0.25, 0.3) is 5.78 Å². The van der Waals surface area contributed by atoms with Gasteiger partial charge in [0, 0.05) is 6.20 Å². The highest BCUT2D eigenvalue weighted by atomic mass is 32.2. The van der Waals surface area contributed by atoms with Crippen LogP contribution in [-0.4, -0.2) is 38.4 Å². The molecule has 2 aromatic heterocycles. The Labute approximate surface area is 108 Å². The van der Waals surface area contributed by atoms with Crippen LogP contribution in [0, 0.1) is 6.92 Å². The molecule has 0 aliphatic rings. The lowest BCUT2D eigenvalue weighted by atomic mass is 10.2. The zero-order chi connectivity index (χ0) is 13.1. The highest BCUT2D eigenvalue weighted by Gasteiger charge is 2.15. The second kappa shape index (κ2) is 5.18. The number of aryl methyl sites for hydroxylation is 1. The Morgan fingerprint density at radius 2 is 2.44 bits per heavy atom. The van der Waals surface area contributed by atoms with Gasteiger partial charge >= 0.3 is 5.97 Å². The minimum atomic E-state index is -0.442. The van der Waals surface area contributed by atoms with Crippen LogP contribution in [-0.2, 0) is 4.74 Å². The fourth-order valence-electron chi connectivity index (χ4n) is 1.42. The van der Waals surface area contributed by atoms with Crippen LogP contribution in [0.4, 0.5) is 0 Å². The molecule has 94 valence electrons. The molecule has 7 heteroatoms. The molecule has 18 heavy (non-hydrogen) atoms. The molecule has 0 N–H and O–H groups in total. The number of rotatable bonds is 4. The fourth-order valence-corrected chi connectivity index (χ4v) is 1.76. The van der Waals surface area contributed by atoms with Crippen LogP contribution < -0.4 is 0 Å². The fraction of sp³-hybridized carbons (Fsp3) is 0.273. The summed E-state index contributed by atoms with van der Waals surface area (Å²) >= 11 is 1.42. The molecule has 0 spiro atoms. The SMILES string of the molecule is C=CCOC(=O)c1cnc2nc(SC)nn2c1C. The van der Waals surface area contributed by atoms with Crippen LogP contribution in [0.3, 0.4) is 0 Å². The number of aromatic nitrogens is 4. The Balaban J connectivity index is 2.43.